The van der Waals surface area contributed by atoms with Gasteiger partial charge in [0.05, 0.1) is 0 Å². The normalized spacial score (nSPS) is 10.2. The fraction of sp³-hybridized carbons (Fsp3) is 0.0909. The van der Waals surface area contributed by atoms with Crippen LogP contribution in [-0.2, 0) is 6.54 Å². The third-order valence-electron chi connectivity index (χ3n) is 2.05. The fourth-order valence-corrected chi connectivity index (χ4v) is 1.25. The molecule has 0 atom stereocenters. The molecule has 0 aliphatic rings. The average molecular weight is 201 g/mol. The van der Waals surface area contributed by atoms with Gasteiger partial charge in [-0.1, -0.05) is 12.1 Å². The molecule has 76 valence electrons. The number of nitrogens with zero attached hydrogens (tertiary/aromatic N) is 2. The second-order valence-electron chi connectivity index (χ2n) is 3.17. The molecule has 2 aromatic rings. The lowest BCUT2D eigenvalue weighted by molar-refractivity contribution is 0.475. The molecule has 0 spiro atoms. The van der Waals surface area contributed by atoms with Crippen molar-refractivity contribution in [1.29, 1.82) is 0 Å². The van der Waals surface area contributed by atoms with E-state index >= 15 is 0 Å². The number of nitrogens with two attached hydrogens (primary N) is 1. The van der Waals surface area contributed by atoms with Gasteiger partial charge in [0.2, 0.25) is 0 Å². The van der Waals surface area contributed by atoms with Crippen molar-refractivity contribution in [3.05, 3.63) is 42.2 Å². The van der Waals surface area contributed by atoms with Crippen molar-refractivity contribution in [2.45, 2.75) is 6.54 Å². The molecule has 0 unspecified atom stereocenters. The van der Waals surface area contributed by atoms with E-state index in [9.17, 15) is 5.11 Å². The minimum Gasteiger partial charge on any atom is -0.508 e. The number of phenolic OH excluding ortho intramolecular Hbond substituents is 1. The van der Waals surface area contributed by atoms with Crippen LogP contribution < -0.4 is 5.73 Å². The molecule has 0 saturated heterocycles. The van der Waals surface area contributed by atoms with Crippen LogP contribution in [0.4, 0.5) is 0 Å². The molecular weight excluding hydrogens is 190 g/mol. The van der Waals surface area contributed by atoms with Gasteiger partial charge in [-0.25, -0.2) is 9.97 Å². The van der Waals surface area contributed by atoms with Crippen molar-refractivity contribution >= 4 is 0 Å². The molecule has 15 heavy (non-hydrogen) atoms. The number of aromatic hydroxyl groups is 1. The van der Waals surface area contributed by atoms with Crippen LogP contribution in [0.25, 0.3) is 11.4 Å². The van der Waals surface area contributed by atoms with Crippen LogP contribution in [0, 0.1) is 0 Å². The summed E-state index contributed by atoms with van der Waals surface area (Å²) in [5.74, 6) is 0.794. The van der Waals surface area contributed by atoms with Gasteiger partial charge in [-0.15, -0.1) is 0 Å². The molecule has 4 nitrogen and oxygen atoms in total. The number of hydrogen-bond acceptors (Lipinski definition) is 4. The summed E-state index contributed by atoms with van der Waals surface area (Å²) < 4.78 is 0. The zero-order valence-electron chi connectivity index (χ0n) is 8.09. The number of rotatable bonds is 2. The van der Waals surface area contributed by atoms with Crippen molar-refractivity contribution < 1.29 is 5.11 Å². The Labute approximate surface area is 87.4 Å². The maximum absolute atomic E-state index is 9.30. The first-order chi connectivity index (χ1) is 7.29. The molecule has 0 radical (unpaired) electrons. The third kappa shape index (κ3) is 2.11. The summed E-state index contributed by atoms with van der Waals surface area (Å²) in [5.41, 5.74) is 7.12. The zero-order chi connectivity index (χ0) is 10.7. The Kier molecular flexibility index (Phi) is 2.60. The lowest BCUT2D eigenvalue weighted by Gasteiger charge is -2.01. The molecule has 2 rings (SSSR count). The van der Waals surface area contributed by atoms with Gasteiger partial charge >= 0.3 is 0 Å². The van der Waals surface area contributed by atoms with Crippen LogP contribution in [0.2, 0.25) is 0 Å². The molecule has 3 N–H and O–H groups in total. The number of benzene rings is 1. The first kappa shape index (κ1) is 9.61. The molecule has 1 heterocycles. The Balaban J connectivity index is 2.37. The molecule has 0 amide bonds. The van der Waals surface area contributed by atoms with Gasteiger partial charge < -0.3 is 10.8 Å². The molecule has 0 saturated carbocycles. The first-order valence-corrected chi connectivity index (χ1v) is 4.60. The standard InChI is InChI=1S/C11H11N3O/c12-5-8-6-13-11(14-7-8)9-2-1-3-10(15)4-9/h1-4,6-7,15H,5,12H2. The molecule has 0 aliphatic heterocycles. The Bertz CT molecular complexity index is 454. The monoisotopic (exact) mass is 201 g/mol. The lowest BCUT2D eigenvalue weighted by atomic mass is 10.2. The maximum atomic E-state index is 9.30. The maximum Gasteiger partial charge on any atom is 0.159 e. The van der Waals surface area contributed by atoms with Crippen LogP contribution in [0.3, 0.4) is 0 Å². The number of phenols is 1. The topological polar surface area (TPSA) is 72.0 Å². The highest BCUT2D eigenvalue weighted by Gasteiger charge is 2.01. The van der Waals surface area contributed by atoms with Gasteiger partial charge in [0.15, 0.2) is 5.82 Å². The fourth-order valence-electron chi connectivity index (χ4n) is 1.25. The highest BCUT2D eigenvalue weighted by atomic mass is 16.3. The predicted molar refractivity (Wildman–Crippen MR) is 57.0 cm³/mol. The summed E-state index contributed by atoms with van der Waals surface area (Å²) in [5, 5.41) is 9.30. The number of aromatic nitrogens is 2. The molecule has 1 aromatic carbocycles. The van der Waals surface area contributed by atoms with E-state index in [1.54, 1.807) is 30.6 Å². The summed E-state index contributed by atoms with van der Waals surface area (Å²) in [7, 11) is 0. The second-order valence-corrected chi connectivity index (χ2v) is 3.17. The summed E-state index contributed by atoms with van der Waals surface area (Å²) in [6, 6.07) is 6.83. The predicted octanol–water partition coefficient (Wildman–Crippen LogP) is 1.31. The average Bonchev–Trinajstić information content (AvgIpc) is 2.29. The molecular formula is C11H11N3O. The Hall–Kier alpha value is -1.94. The Morgan fingerprint density at radius 3 is 2.53 bits per heavy atom. The smallest absolute Gasteiger partial charge is 0.159 e. The number of hydrogen-bond donors (Lipinski definition) is 2. The zero-order valence-corrected chi connectivity index (χ0v) is 8.09. The van der Waals surface area contributed by atoms with E-state index in [-0.39, 0.29) is 5.75 Å². The van der Waals surface area contributed by atoms with Crippen LogP contribution in [0.1, 0.15) is 5.56 Å². The van der Waals surface area contributed by atoms with E-state index in [1.807, 2.05) is 6.07 Å². The van der Waals surface area contributed by atoms with Crippen molar-refractivity contribution in [3.63, 3.8) is 0 Å². The molecule has 0 aliphatic carbocycles. The summed E-state index contributed by atoms with van der Waals surface area (Å²) in [6.45, 7) is 0.431. The van der Waals surface area contributed by atoms with Crippen LogP contribution in [0.15, 0.2) is 36.7 Å². The van der Waals surface area contributed by atoms with Crippen LogP contribution in [-0.4, -0.2) is 15.1 Å². The molecule has 0 fully saturated rings. The van der Waals surface area contributed by atoms with Gasteiger partial charge in [-0.2, -0.15) is 0 Å². The Morgan fingerprint density at radius 2 is 1.93 bits per heavy atom. The van der Waals surface area contributed by atoms with Crippen LogP contribution >= 0.6 is 0 Å². The molecule has 4 heteroatoms. The van der Waals surface area contributed by atoms with E-state index < -0.39 is 0 Å². The van der Waals surface area contributed by atoms with E-state index in [2.05, 4.69) is 9.97 Å². The van der Waals surface area contributed by atoms with Crippen LogP contribution in [0.5, 0.6) is 5.75 Å². The van der Waals surface area contributed by atoms with E-state index in [1.165, 1.54) is 0 Å². The van der Waals surface area contributed by atoms with Gasteiger partial charge in [0.1, 0.15) is 5.75 Å². The minimum atomic E-state index is 0.207. The summed E-state index contributed by atoms with van der Waals surface area (Å²) in [4.78, 5) is 8.32. The molecule has 0 bridgehead atoms. The van der Waals surface area contributed by atoms with Crippen molar-refractivity contribution in [2.75, 3.05) is 0 Å². The van der Waals surface area contributed by atoms with Gasteiger partial charge in [-0.3, -0.25) is 0 Å². The van der Waals surface area contributed by atoms with E-state index in [0.29, 0.717) is 12.4 Å². The first-order valence-electron chi connectivity index (χ1n) is 4.60. The summed E-state index contributed by atoms with van der Waals surface area (Å²) >= 11 is 0. The van der Waals surface area contributed by atoms with Gasteiger partial charge in [0.25, 0.3) is 0 Å². The second kappa shape index (κ2) is 4.06. The lowest BCUT2D eigenvalue weighted by Crippen LogP contribution is -1.98. The SMILES string of the molecule is NCc1cnc(-c2cccc(O)c2)nc1. The quantitative estimate of drug-likeness (QED) is 0.768. The Morgan fingerprint density at radius 1 is 1.20 bits per heavy atom. The summed E-state index contributed by atoms with van der Waals surface area (Å²) in [6.07, 6.45) is 3.37. The molecule has 1 aromatic heterocycles. The van der Waals surface area contributed by atoms with E-state index in [0.717, 1.165) is 11.1 Å². The van der Waals surface area contributed by atoms with Crippen molar-refractivity contribution in [3.8, 4) is 17.1 Å². The van der Waals surface area contributed by atoms with Crippen molar-refractivity contribution in [2.24, 2.45) is 5.73 Å². The van der Waals surface area contributed by atoms with Gasteiger partial charge in [0, 0.05) is 30.1 Å². The van der Waals surface area contributed by atoms with E-state index in [4.69, 9.17) is 5.73 Å². The highest BCUT2D eigenvalue weighted by molar-refractivity contribution is 5.56. The largest absolute Gasteiger partial charge is 0.508 e. The highest BCUT2D eigenvalue weighted by Crippen LogP contribution is 2.19. The minimum absolute atomic E-state index is 0.207. The van der Waals surface area contributed by atoms with Crippen molar-refractivity contribution in [1.82, 2.24) is 9.97 Å². The third-order valence-corrected chi connectivity index (χ3v) is 2.05. The van der Waals surface area contributed by atoms with Gasteiger partial charge in [-0.05, 0) is 12.1 Å².